The van der Waals surface area contributed by atoms with Crippen LogP contribution < -0.4 is 10.1 Å². The highest BCUT2D eigenvalue weighted by Gasteiger charge is 2.11. The monoisotopic (exact) mass is 347 g/mol. The van der Waals surface area contributed by atoms with Gasteiger partial charge in [0.05, 0.1) is 5.56 Å². The van der Waals surface area contributed by atoms with E-state index < -0.39 is 0 Å². The lowest BCUT2D eigenvalue weighted by molar-refractivity contribution is 0.0942. The summed E-state index contributed by atoms with van der Waals surface area (Å²) in [5.41, 5.74) is 1.71. The molecule has 0 aliphatic carbocycles. The molecule has 0 unspecified atom stereocenters. The van der Waals surface area contributed by atoms with Gasteiger partial charge in [0.1, 0.15) is 12.4 Å². The number of nitrogens with one attached hydrogen (secondary N) is 1. The van der Waals surface area contributed by atoms with Gasteiger partial charge in [0.2, 0.25) is 0 Å². The van der Waals surface area contributed by atoms with Crippen LogP contribution in [0.2, 0.25) is 0 Å². The third kappa shape index (κ3) is 4.60. The highest BCUT2D eigenvalue weighted by molar-refractivity contribution is 9.10. The highest BCUT2D eigenvalue weighted by Crippen LogP contribution is 2.24. The van der Waals surface area contributed by atoms with Gasteiger partial charge in [-0.15, -0.1) is 0 Å². The molecule has 0 atom stereocenters. The predicted molar refractivity (Wildman–Crippen MR) is 87.5 cm³/mol. The van der Waals surface area contributed by atoms with E-state index in [4.69, 9.17) is 4.74 Å². The molecule has 0 fully saturated rings. The second-order valence-corrected chi connectivity index (χ2v) is 5.90. The maximum atomic E-state index is 12.0. The van der Waals surface area contributed by atoms with E-state index in [1.165, 1.54) is 0 Å². The van der Waals surface area contributed by atoms with E-state index in [2.05, 4.69) is 21.2 Å². The fourth-order valence-electron chi connectivity index (χ4n) is 1.85. The smallest absolute Gasteiger partial charge is 0.252 e. The lowest BCUT2D eigenvalue weighted by Crippen LogP contribution is -2.30. The Morgan fingerprint density at radius 3 is 2.52 bits per heavy atom. The van der Waals surface area contributed by atoms with Crippen molar-refractivity contribution in [3.05, 3.63) is 64.1 Å². The molecule has 0 radical (unpaired) electrons. The average Bonchev–Trinajstić information content (AvgIpc) is 2.45. The van der Waals surface area contributed by atoms with Crippen LogP contribution in [-0.4, -0.2) is 11.9 Å². The van der Waals surface area contributed by atoms with Crippen LogP contribution in [0.4, 0.5) is 0 Å². The van der Waals surface area contributed by atoms with E-state index in [0.29, 0.717) is 12.2 Å². The fourth-order valence-corrected chi connectivity index (χ4v) is 2.39. The van der Waals surface area contributed by atoms with Crippen molar-refractivity contribution >= 4 is 21.8 Å². The molecule has 110 valence electrons. The van der Waals surface area contributed by atoms with E-state index in [9.17, 15) is 4.79 Å². The summed E-state index contributed by atoms with van der Waals surface area (Å²) in [5.74, 6) is 0.637. The molecule has 21 heavy (non-hydrogen) atoms. The summed E-state index contributed by atoms with van der Waals surface area (Å²) in [6.45, 7) is 4.37. The van der Waals surface area contributed by atoms with E-state index in [1.807, 2.05) is 56.3 Å². The van der Waals surface area contributed by atoms with Crippen LogP contribution in [0, 0.1) is 0 Å². The maximum Gasteiger partial charge on any atom is 0.252 e. The molecule has 2 aromatic carbocycles. The molecular formula is C17H18BrNO2. The Bertz CT molecular complexity index is 611. The van der Waals surface area contributed by atoms with Crippen molar-refractivity contribution in [2.45, 2.75) is 26.5 Å². The fraction of sp³-hybridized carbons (Fsp3) is 0.235. The van der Waals surface area contributed by atoms with Gasteiger partial charge in [-0.2, -0.15) is 0 Å². The van der Waals surface area contributed by atoms with Crippen LogP contribution in [-0.2, 0) is 6.61 Å². The molecule has 3 nitrogen and oxygen atoms in total. The minimum atomic E-state index is -0.0912. The Kier molecular flexibility index (Phi) is 5.39. The maximum absolute atomic E-state index is 12.0. The summed E-state index contributed by atoms with van der Waals surface area (Å²) >= 11 is 3.42. The molecule has 0 spiro atoms. The number of benzene rings is 2. The molecule has 0 saturated carbocycles. The molecule has 0 aliphatic rings. The summed E-state index contributed by atoms with van der Waals surface area (Å²) in [4.78, 5) is 12.0. The first-order valence-electron chi connectivity index (χ1n) is 6.83. The van der Waals surface area contributed by atoms with Crippen LogP contribution in [0.25, 0.3) is 0 Å². The second kappa shape index (κ2) is 7.27. The summed E-state index contributed by atoms with van der Waals surface area (Å²) in [6, 6.07) is 15.5. The van der Waals surface area contributed by atoms with Gasteiger partial charge in [-0.25, -0.2) is 0 Å². The Morgan fingerprint density at radius 2 is 1.90 bits per heavy atom. The topological polar surface area (TPSA) is 38.3 Å². The van der Waals surface area contributed by atoms with Crippen LogP contribution in [0.1, 0.15) is 29.8 Å². The second-order valence-electron chi connectivity index (χ2n) is 5.04. The van der Waals surface area contributed by atoms with Crippen LogP contribution >= 0.6 is 15.9 Å². The summed E-state index contributed by atoms with van der Waals surface area (Å²) in [7, 11) is 0. The van der Waals surface area contributed by atoms with Crippen LogP contribution in [0.15, 0.2) is 53.0 Å². The minimum Gasteiger partial charge on any atom is -0.489 e. The Labute approximate surface area is 133 Å². The van der Waals surface area contributed by atoms with E-state index >= 15 is 0 Å². The first-order chi connectivity index (χ1) is 10.1. The van der Waals surface area contributed by atoms with Crippen molar-refractivity contribution in [2.24, 2.45) is 0 Å². The van der Waals surface area contributed by atoms with Crippen molar-refractivity contribution in [1.82, 2.24) is 5.32 Å². The Balaban J connectivity index is 2.03. The zero-order valence-corrected chi connectivity index (χ0v) is 13.7. The quantitative estimate of drug-likeness (QED) is 0.881. The molecular weight excluding hydrogens is 330 g/mol. The molecule has 4 heteroatoms. The molecule has 1 amide bonds. The summed E-state index contributed by atoms with van der Waals surface area (Å²) in [6.07, 6.45) is 0. The van der Waals surface area contributed by atoms with Gasteiger partial charge < -0.3 is 10.1 Å². The number of amides is 1. The third-order valence-corrected chi connectivity index (χ3v) is 3.51. The number of hydrogen-bond donors (Lipinski definition) is 1. The van der Waals surface area contributed by atoms with E-state index in [1.54, 1.807) is 6.07 Å². The number of rotatable bonds is 5. The molecule has 0 aromatic heterocycles. The van der Waals surface area contributed by atoms with Gasteiger partial charge in [0.25, 0.3) is 5.91 Å². The molecule has 2 rings (SSSR count). The molecule has 0 saturated heterocycles. The SMILES string of the molecule is CC(C)NC(=O)c1ccc(OCc2ccccc2)cc1Br. The predicted octanol–water partition coefficient (Wildman–Crippen LogP) is 4.17. The molecule has 1 N–H and O–H groups in total. The number of carbonyl (C=O) groups excluding carboxylic acids is 1. The number of halogens is 1. The van der Waals surface area contributed by atoms with Gasteiger partial charge in [-0.05, 0) is 53.5 Å². The normalized spacial score (nSPS) is 10.5. The number of ether oxygens (including phenoxy) is 1. The molecule has 0 heterocycles. The van der Waals surface area contributed by atoms with Crippen molar-refractivity contribution in [3.63, 3.8) is 0 Å². The minimum absolute atomic E-state index is 0.0912. The van der Waals surface area contributed by atoms with Crippen molar-refractivity contribution in [2.75, 3.05) is 0 Å². The Morgan fingerprint density at radius 1 is 1.19 bits per heavy atom. The van der Waals surface area contributed by atoms with Gasteiger partial charge in [0, 0.05) is 10.5 Å². The zero-order chi connectivity index (χ0) is 15.2. The summed E-state index contributed by atoms with van der Waals surface area (Å²) in [5, 5.41) is 2.87. The van der Waals surface area contributed by atoms with Crippen molar-refractivity contribution in [1.29, 1.82) is 0 Å². The summed E-state index contributed by atoms with van der Waals surface area (Å²) < 4.78 is 6.45. The molecule has 0 bridgehead atoms. The first-order valence-corrected chi connectivity index (χ1v) is 7.62. The van der Waals surface area contributed by atoms with E-state index in [0.717, 1.165) is 15.8 Å². The molecule has 2 aromatic rings. The van der Waals surface area contributed by atoms with Crippen LogP contribution in [0.3, 0.4) is 0 Å². The third-order valence-electron chi connectivity index (χ3n) is 2.85. The average molecular weight is 348 g/mol. The standard InChI is InChI=1S/C17H18BrNO2/c1-12(2)19-17(20)15-9-8-14(10-16(15)18)21-11-13-6-4-3-5-7-13/h3-10,12H,11H2,1-2H3,(H,19,20). The van der Waals surface area contributed by atoms with Crippen molar-refractivity contribution in [3.8, 4) is 5.75 Å². The van der Waals surface area contributed by atoms with E-state index in [-0.39, 0.29) is 11.9 Å². The number of carbonyl (C=O) groups is 1. The van der Waals surface area contributed by atoms with Gasteiger partial charge in [-0.1, -0.05) is 30.3 Å². The van der Waals surface area contributed by atoms with Crippen LogP contribution in [0.5, 0.6) is 5.75 Å². The van der Waals surface area contributed by atoms with Gasteiger partial charge in [0.15, 0.2) is 0 Å². The van der Waals surface area contributed by atoms with Gasteiger partial charge in [-0.3, -0.25) is 4.79 Å². The molecule has 0 aliphatic heterocycles. The lowest BCUT2D eigenvalue weighted by atomic mass is 10.2. The van der Waals surface area contributed by atoms with Crippen molar-refractivity contribution < 1.29 is 9.53 Å². The highest BCUT2D eigenvalue weighted by atomic mass is 79.9. The Hall–Kier alpha value is -1.81. The number of hydrogen-bond acceptors (Lipinski definition) is 2. The zero-order valence-electron chi connectivity index (χ0n) is 12.1. The lowest BCUT2D eigenvalue weighted by Gasteiger charge is -2.11. The largest absolute Gasteiger partial charge is 0.489 e. The first kappa shape index (κ1) is 15.6. The van der Waals surface area contributed by atoms with Gasteiger partial charge >= 0.3 is 0 Å².